The summed E-state index contributed by atoms with van der Waals surface area (Å²) in [6.07, 6.45) is 2.54. The highest BCUT2D eigenvalue weighted by Crippen LogP contribution is 2.32. The topological polar surface area (TPSA) is 59.1 Å². The second-order valence-electron chi connectivity index (χ2n) is 8.24. The van der Waals surface area contributed by atoms with Gasteiger partial charge in [-0.25, -0.2) is 4.39 Å². The lowest BCUT2D eigenvalue weighted by Crippen LogP contribution is -2.35. The van der Waals surface area contributed by atoms with Crippen LogP contribution in [-0.4, -0.2) is 35.5 Å². The van der Waals surface area contributed by atoms with Gasteiger partial charge in [0.15, 0.2) is 5.11 Å². The predicted octanol–water partition coefficient (Wildman–Crippen LogP) is 5.88. The summed E-state index contributed by atoms with van der Waals surface area (Å²) in [7, 11) is 1.29. The number of carbonyl (C=O) groups is 2. The Hall–Kier alpha value is -3.56. The van der Waals surface area contributed by atoms with Crippen molar-refractivity contribution in [2.24, 2.45) is 0 Å². The van der Waals surface area contributed by atoms with Crippen molar-refractivity contribution in [3.05, 3.63) is 99.4 Å². The van der Waals surface area contributed by atoms with Gasteiger partial charge in [0.25, 0.3) is 5.91 Å². The first kappa shape index (κ1) is 26.5. The maximum Gasteiger partial charge on any atom is 0.325 e. The normalized spacial score (nSPS) is 14.4. The summed E-state index contributed by atoms with van der Waals surface area (Å²) in [6.45, 7) is 2.12. The van der Waals surface area contributed by atoms with E-state index in [4.69, 9.17) is 21.7 Å². The van der Waals surface area contributed by atoms with Crippen molar-refractivity contribution in [3.8, 4) is 5.75 Å². The summed E-state index contributed by atoms with van der Waals surface area (Å²) in [5.74, 6) is -0.578. The number of benzene rings is 3. The molecule has 1 aliphatic rings. The number of ether oxygens (including phenoxy) is 2. The number of hydrogen-bond donors (Lipinski definition) is 0. The van der Waals surface area contributed by atoms with E-state index < -0.39 is 5.97 Å². The third kappa shape index (κ3) is 6.06. The maximum absolute atomic E-state index is 13.5. The van der Waals surface area contributed by atoms with E-state index in [2.05, 4.69) is 22.9 Å². The van der Waals surface area contributed by atoms with Crippen molar-refractivity contribution >= 4 is 56.9 Å². The van der Waals surface area contributed by atoms with E-state index >= 15 is 0 Å². The predicted molar refractivity (Wildman–Crippen MR) is 147 cm³/mol. The number of esters is 1. The quantitative estimate of drug-likeness (QED) is 0.188. The van der Waals surface area contributed by atoms with Crippen LogP contribution in [0, 0.1) is 5.82 Å². The van der Waals surface area contributed by atoms with Gasteiger partial charge in [0.2, 0.25) is 0 Å². The zero-order valence-corrected chi connectivity index (χ0v) is 22.6. The van der Waals surface area contributed by atoms with Crippen LogP contribution in [-0.2, 0) is 27.4 Å². The molecule has 4 rings (SSSR count). The minimum atomic E-state index is -0.519. The molecule has 6 nitrogen and oxygen atoms in total. The van der Waals surface area contributed by atoms with Gasteiger partial charge in [0.05, 0.1) is 17.3 Å². The molecule has 0 unspecified atom stereocenters. The average Bonchev–Trinajstić information content (AvgIpc) is 3.13. The SMILES string of the molecule is CCc1ccc(N2C(=O)/C(=C/c3ccc(OCc4ccc(F)cc4)c(Br)c3)N(CC(=O)OC)C2=S)cc1. The highest BCUT2D eigenvalue weighted by Gasteiger charge is 2.40. The second kappa shape index (κ2) is 11.7. The largest absolute Gasteiger partial charge is 0.488 e. The molecule has 3 aromatic rings. The minimum absolute atomic E-state index is 0.198. The molecule has 0 aromatic heterocycles. The van der Waals surface area contributed by atoms with E-state index in [0.29, 0.717) is 21.5 Å². The van der Waals surface area contributed by atoms with Crippen LogP contribution < -0.4 is 9.64 Å². The van der Waals surface area contributed by atoms with Gasteiger partial charge in [-0.2, -0.15) is 0 Å². The molecule has 9 heteroatoms. The van der Waals surface area contributed by atoms with Crippen molar-refractivity contribution in [1.29, 1.82) is 0 Å². The van der Waals surface area contributed by atoms with Crippen LogP contribution in [0.1, 0.15) is 23.6 Å². The first-order valence-corrected chi connectivity index (χ1v) is 12.7. The highest BCUT2D eigenvalue weighted by atomic mass is 79.9. The number of thiocarbonyl (C=S) groups is 1. The van der Waals surface area contributed by atoms with Crippen molar-refractivity contribution in [3.63, 3.8) is 0 Å². The third-order valence-corrected chi connectivity index (χ3v) is 6.84. The summed E-state index contributed by atoms with van der Waals surface area (Å²) in [4.78, 5) is 28.5. The molecule has 3 aromatic carbocycles. The lowest BCUT2D eigenvalue weighted by molar-refractivity contribution is -0.140. The zero-order valence-electron chi connectivity index (χ0n) is 20.2. The Bertz CT molecular complexity index is 1360. The van der Waals surface area contributed by atoms with E-state index in [9.17, 15) is 14.0 Å². The number of amides is 1. The molecular formula is C28H24BrFN2O4S. The van der Waals surface area contributed by atoms with Crippen molar-refractivity contribution in [1.82, 2.24) is 4.90 Å². The number of methoxy groups -OCH3 is 1. The number of halogens is 2. The van der Waals surface area contributed by atoms with E-state index in [1.807, 2.05) is 24.3 Å². The lowest BCUT2D eigenvalue weighted by Gasteiger charge is -2.19. The second-order valence-corrected chi connectivity index (χ2v) is 9.46. The van der Waals surface area contributed by atoms with Crippen LogP contribution in [0.15, 0.2) is 76.9 Å². The van der Waals surface area contributed by atoms with Crippen molar-refractivity contribution < 1.29 is 23.5 Å². The van der Waals surface area contributed by atoms with E-state index in [1.165, 1.54) is 29.0 Å². The van der Waals surface area contributed by atoms with E-state index in [1.54, 1.807) is 36.4 Å². The lowest BCUT2D eigenvalue weighted by atomic mass is 10.1. The Labute approximate surface area is 228 Å². The Kier molecular flexibility index (Phi) is 8.35. The Morgan fingerprint density at radius 2 is 1.73 bits per heavy atom. The van der Waals surface area contributed by atoms with Crippen LogP contribution in [0.4, 0.5) is 10.1 Å². The van der Waals surface area contributed by atoms with Crippen LogP contribution in [0.25, 0.3) is 6.08 Å². The maximum atomic E-state index is 13.5. The fourth-order valence-corrected chi connectivity index (χ4v) is 4.62. The van der Waals surface area contributed by atoms with Gasteiger partial charge in [-0.1, -0.05) is 37.3 Å². The third-order valence-electron chi connectivity index (χ3n) is 5.82. The number of aryl methyl sites for hydroxylation is 1. The van der Waals surface area contributed by atoms with Crippen LogP contribution in [0.5, 0.6) is 5.75 Å². The molecule has 190 valence electrons. The molecule has 37 heavy (non-hydrogen) atoms. The molecule has 0 radical (unpaired) electrons. The molecule has 0 atom stereocenters. The average molecular weight is 583 g/mol. The summed E-state index contributed by atoms with van der Waals surface area (Å²) >= 11 is 9.12. The smallest absolute Gasteiger partial charge is 0.325 e. The van der Waals surface area contributed by atoms with Gasteiger partial charge < -0.3 is 14.4 Å². The van der Waals surface area contributed by atoms with Crippen LogP contribution >= 0.6 is 28.1 Å². The van der Waals surface area contributed by atoms with E-state index in [-0.39, 0.29) is 35.7 Å². The van der Waals surface area contributed by atoms with E-state index in [0.717, 1.165) is 17.5 Å². The number of nitrogens with zero attached hydrogens (tertiary/aromatic N) is 2. The summed E-state index contributed by atoms with van der Waals surface area (Å²) in [5, 5.41) is 0.198. The van der Waals surface area contributed by atoms with Crippen LogP contribution in [0.2, 0.25) is 0 Å². The number of rotatable bonds is 8. The van der Waals surface area contributed by atoms with Gasteiger partial charge in [-0.15, -0.1) is 0 Å². The molecule has 1 saturated heterocycles. The van der Waals surface area contributed by atoms with Gasteiger partial charge in [-0.3, -0.25) is 14.5 Å². The minimum Gasteiger partial charge on any atom is -0.488 e. The first-order valence-electron chi connectivity index (χ1n) is 11.5. The summed E-state index contributed by atoms with van der Waals surface area (Å²) in [6, 6.07) is 19.0. The Balaban J connectivity index is 1.60. The van der Waals surface area contributed by atoms with Gasteiger partial charge >= 0.3 is 5.97 Å². The summed E-state index contributed by atoms with van der Waals surface area (Å²) < 4.78 is 24.5. The highest BCUT2D eigenvalue weighted by molar-refractivity contribution is 9.10. The molecule has 1 fully saturated rings. The molecular weight excluding hydrogens is 559 g/mol. The van der Waals surface area contributed by atoms with Gasteiger partial charge in [-0.05, 0) is 93.7 Å². The molecule has 0 saturated carbocycles. The Morgan fingerprint density at radius 3 is 2.35 bits per heavy atom. The van der Waals surface area contributed by atoms with Crippen LogP contribution in [0.3, 0.4) is 0 Å². The molecule has 1 amide bonds. The molecule has 1 heterocycles. The monoisotopic (exact) mass is 582 g/mol. The van der Waals surface area contributed by atoms with Gasteiger partial charge in [0, 0.05) is 0 Å². The molecule has 0 N–H and O–H groups in total. The fourth-order valence-electron chi connectivity index (χ4n) is 3.76. The first-order chi connectivity index (χ1) is 17.8. The standard InChI is InChI=1S/C28H24BrFN2O4S/c1-3-18-6-11-22(12-7-18)32-27(34)24(31(28(32)37)16-26(33)35-2)15-20-8-13-25(23(29)14-20)36-17-19-4-9-21(30)10-5-19/h4-15H,3,16-17H2,1-2H3/b24-15-. The fraction of sp³-hybridized carbons (Fsp3) is 0.179. The van der Waals surface area contributed by atoms with Gasteiger partial charge in [0.1, 0.15) is 30.4 Å². The molecule has 0 bridgehead atoms. The molecule has 0 spiro atoms. The van der Waals surface area contributed by atoms with Crippen molar-refractivity contribution in [2.45, 2.75) is 20.0 Å². The summed E-state index contributed by atoms with van der Waals surface area (Å²) in [5.41, 5.74) is 3.54. The molecule has 0 aliphatic carbocycles. The number of carbonyl (C=O) groups excluding carboxylic acids is 2. The van der Waals surface area contributed by atoms with Crippen molar-refractivity contribution in [2.75, 3.05) is 18.6 Å². The Morgan fingerprint density at radius 1 is 1.05 bits per heavy atom. The zero-order chi connectivity index (χ0) is 26.5. The molecule has 1 aliphatic heterocycles. The number of anilines is 1. The number of hydrogen-bond acceptors (Lipinski definition) is 5.